The summed E-state index contributed by atoms with van der Waals surface area (Å²) < 4.78 is 4.99. The van der Waals surface area contributed by atoms with Crippen molar-refractivity contribution in [1.82, 2.24) is 5.32 Å². The Bertz CT molecular complexity index is 468. The third-order valence-corrected chi connectivity index (χ3v) is 4.08. The zero-order chi connectivity index (χ0) is 12.7. The van der Waals surface area contributed by atoms with Crippen molar-refractivity contribution in [3.63, 3.8) is 0 Å². The van der Waals surface area contributed by atoms with Gasteiger partial charge in [0.25, 0.3) is 0 Å². The van der Waals surface area contributed by atoms with E-state index in [2.05, 4.69) is 39.9 Å². The first-order valence-corrected chi connectivity index (χ1v) is 5.93. The molecule has 0 aromatic heterocycles. The predicted octanol–water partition coefficient (Wildman–Crippen LogP) is 3.43. The van der Waals surface area contributed by atoms with Gasteiger partial charge in [-0.1, -0.05) is 0 Å². The van der Waals surface area contributed by atoms with Crippen LogP contribution < -0.4 is 5.32 Å². The summed E-state index contributed by atoms with van der Waals surface area (Å²) >= 11 is 0. The van der Waals surface area contributed by atoms with Crippen LogP contribution in [0.1, 0.15) is 39.4 Å². The van der Waals surface area contributed by atoms with Gasteiger partial charge in [0.2, 0.25) is 0 Å². The van der Waals surface area contributed by atoms with Gasteiger partial charge in [-0.05, 0) is 68.0 Å². The fourth-order valence-electron chi connectivity index (χ4n) is 2.59. The van der Waals surface area contributed by atoms with Gasteiger partial charge in [-0.25, -0.2) is 4.79 Å². The summed E-state index contributed by atoms with van der Waals surface area (Å²) in [4.78, 5) is 11.2. The van der Waals surface area contributed by atoms with E-state index in [1.807, 2.05) is 0 Å². The zero-order valence-electron chi connectivity index (χ0n) is 11.5. The van der Waals surface area contributed by atoms with E-state index in [1.165, 1.54) is 33.4 Å². The van der Waals surface area contributed by atoms with Crippen LogP contribution in [0, 0.1) is 34.6 Å². The Morgan fingerprint density at radius 3 is 1.78 bits per heavy atom. The molecule has 1 aliphatic heterocycles. The molecule has 0 unspecified atom stereocenters. The summed E-state index contributed by atoms with van der Waals surface area (Å²) in [7, 11) is 0. The molecular formula is C14H20ClNO2. The average Bonchev–Trinajstić information content (AvgIpc) is 2.71. The third-order valence-electron chi connectivity index (χ3n) is 4.08. The van der Waals surface area contributed by atoms with Crippen molar-refractivity contribution in [3.05, 3.63) is 33.4 Å². The van der Waals surface area contributed by atoms with E-state index in [9.17, 15) is 4.79 Å². The van der Waals surface area contributed by atoms with Crippen molar-refractivity contribution in [2.75, 3.05) is 6.61 Å². The minimum absolute atomic E-state index is 0. The summed E-state index contributed by atoms with van der Waals surface area (Å²) in [6, 6.07) is 0.000463. The molecule has 1 heterocycles. The fourth-order valence-corrected chi connectivity index (χ4v) is 2.59. The number of halogens is 1. The number of cyclic esters (lactones) is 1. The first-order chi connectivity index (χ1) is 7.93. The van der Waals surface area contributed by atoms with Gasteiger partial charge in [-0.3, -0.25) is 0 Å². The van der Waals surface area contributed by atoms with E-state index < -0.39 is 0 Å². The van der Waals surface area contributed by atoms with Crippen LogP contribution in [-0.2, 0) is 4.74 Å². The van der Waals surface area contributed by atoms with Crippen molar-refractivity contribution >= 4 is 18.5 Å². The highest BCUT2D eigenvalue weighted by molar-refractivity contribution is 5.85. The van der Waals surface area contributed by atoms with Crippen LogP contribution >= 0.6 is 12.4 Å². The lowest BCUT2D eigenvalue weighted by molar-refractivity contribution is 0.177. The quantitative estimate of drug-likeness (QED) is 0.848. The molecule has 100 valence electrons. The number of carbonyl (C=O) groups is 1. The maximum Gasteiger partial charge on any atom is 0.407 e. The molecule has 1 aromatic rings. The van der Waals surface area contributed by atoms with E-state index in [0.717, 1.165) is 0 Å². The predicted molar refractivity (Wildman–Crippen MR) is 74.6 cm³/mol. The second kappa shape index (κ2) is 5.19. The minimum atomic E-state index is -0.315. The Balaban J connectivity index is 0.00000162. The Hall–Kier alpha value is -1.22. The summed E-state index contributed by atoms with van der Waals surface area (Å²) in [5.41, 5.74) is 7.71. The number of nitrogens with one attached hydrogen (secondary N) is 1. The van der Waals surface area contributed by atoms with Crippen molar-refractivity contribution in [2.24, 2.45) is 0 Å². The Morgan fingerprint density at radius 2 is 1.39 bits per heavy atom. The van der Waals surface area contributed by atoms with E-state index in [1.54, 1.807) is 0 Å². The topological polar surface area (TPSA) is 38.3 Å². The second-order valence-corrected chi connectivity index (χ2v) is 4.83. The maximum absolute atomic E-state index is 11.2. The van der Waals surface area contributed by atoms with Crippen LogP contribution in [0.4, 0.5) is 4.79 Å². The number of hydrogen-bond donors (Lipinski definition) is 1. The molecule has 1 saturated heterocycles. The SMILES string of the molecule is Cc1c(C)c(C)c([C@@H]2COC(=O)N2)c(C)c1C.Cl. The lowest BCUT2D eigenvalue weighted by atomic mass is 9.86. The number of ether oxygens (including phenoxy) is 1. The van der Waals surface area contributed by atoms with E-state index in [0.29, 0.717) is 6.61 Å². The molecule has 1 aliphatic rings. The van der Waals surface area contributed by atoms with Gasteiger partial charge in [-0.15, -0.1) is 12.4 Å². The highest BCUT2D eigenvalue weighted by Gasteiger charge is 2.28. The number of rotatable bonds is 1. The van der Waals surface area contributed by atoms with E-state index in [-0.39, 0.29) is 24.5 Å². The molecule has 0 spiro atoms. The van der Waals surface area contributed by atoms with Crippen LogP contribution in [0.3, 0.4) is 0 Å². The van der Waals surface area contributed by atoms with Gasteiger partial charge in [0, 0.05) is 0 Å². The molecule has 0 radical (unpaired) electrons. The number of carbonyl (C=O) groups excluding carboxylic acids is 1. The summed E-state index contributed by atoms with van der Waals surface area (Å²) in [6.45, 7) is 11.1. The molecule has 0 saturated carbocycles. The molecule has 0 aliphatic carbocycles. The normalized spacial score (nSPS) is 18.1. The molecule has 2 rings (SSSR count). The number of hydrogen-bond acceptors (Lipinski definition) is 2. The van der Waals surface area contributed by atoms with Crippen LogP contribution in [0.2, 0.25) is 0 Å². The second-order valence-electron chi connectivity index (χ2n) is 4.83. The lowest BCUT2D eigenvalue weighted by Gasteiger charge is -2.21. The van der Waals surface area contributed by atoms with E-state index >= 15 is 0 Å². The van der Waals surface area contributed by atoms with Gasteiger partial charge in [0.15, 0.2) is 0 Å². The van der Waals surface area contributed by atoms with Crippen LogP contribution in [0.25, 0.3) is 0 Å². The molecule has 18 heavy (non-hydrogen) atoms. The largest absolute Gasteiger partial charge is 0.447 e. The third kappa shape index (κ3) is 2.19. The van der Waals surface area contributed by atoms with Crippen molar-refractivity contribution < 1.29 is 9.53 Å². The Morgan fingerprint density at radius 1 is 0.944 bits per heavy atom. The van der Waals surface area contributed by atoms with Gasteiger partial charge in [0.05, 0.1) is 6.04 Å². The average molecular weight is 270 g/mol. The van der Waals surface area contributed by atoms with Gasteiger partial charge in [-0.2, -0.15) is 0 Å². The highest BCUT2D eigenvalue weighted by atomic mass is 35.5. The van der Waals surface area contributed by atoms with E-state index in [4.69, 9.17) is 4.74 Å². The highest BCUT2D eigenvalue weighted by Crippen LogP contribution is 2.31. The fraction of sp³-hybridized carbons (Fsp3) is 0.500. The summed E-state index contributed by atoms with van der Waals surface area (Å²) in [5.74, 6) is 0. The standard InChI is InChI=1S/C14H19NO2.ClH/c1-7-8(2)10(4)13(11(5)9(7)3)12-6-17-14(16)15-12;/h12H,6H2,1-5H3,(H,15,16);1H/t12-;/m0./s1. The number of alkyl carbamates (subject to hydrolysis) is 1. The summed E-state index contributed by atoms with van der Waals surface area (Å²) in [6.07, 6.45) is -0.315. The number of benzene rings is 1. The number of amides is 1. The molecular weight excluding hydrogens is 250 g/mol. The molecule has 3 nitrogen and oxygen atoms in total. The monoisotopic (exact) mass is 269 g/mol. The first kappa shape index (κ1) is 14.8. The van der Waals surface area contributed by atoms with Gasteiger partial charge < -0.3 is 10.1 Å². The van der Waals surface area contributed by atoms with Crippen LogP contribution in [0.5, 0.6) is 0 Å². The molecule has 0 bridgehead atoms. The van der Waals surface area contributed by atoms with Crippen molar-refractivity contribution in [2.45, 2.75) is 40.7 Å². The van der Waals surface area contributed by atoms with Crippen molar-refractivity contribution in [1.29, 1.82) is 0 Å². The van der Waals surface area contributed by atoms with Gasteiger partial charge >= 0.3 is 6.09 Å². The zero-order valence-corrected chi connectivity index (χ0v) is 12.3. The molecule has 1 atom stereocenters. The maximum atomic E-state index is 11.2. The Labute approximate surface area is 114 Å². The van der Waals surface area contributed by atoms with Crippen LogP contribution in [0.15, 0.2) is 0 Å². The molecule has 1 N–H and O–H groups in total. The lowest BCUT2D eigenvalue weighted by Crippen LogP contribution is -2.21. The molecule has 4 heteroatoms. The molecule has 1 fully saturated rings. The smallest absolute Gasteiger partial charge is 0.407 e. The first-order valence-electron chi connectivity index (χ1n) is 5.93. The van der Waals surface area contributed by atoms with Gasteiger partial charge in [0.1, 0.15) is 6.61 Å². The van der Waals surface area contributed by atoms with Crippen LogP contribution in [-0.4, -0.2) is 12.7 Å². The Kier molecular flexibility index (Phi) is 4.28. The molecule has 1 aromatic carbocycles. The molecule has 1 amide bonds. The summed E-state index contributed by atoms with van der Waals surface area (Å²) in [5, 5.41) is 2.86. The van der Waals surface area contributed by atoms with Crippen molar-refractivity contribution in [3.8, 4) is 0 Å². The minimum Gasteiger partial charge on any atom is -0.447 e.